The maximum atomic E-state index is 12.2. The quantitative estimate of drug-likeness (QED) is 0.682. The van der Waals surface area contributed by atoms with Gasteiger partial charge in [-0.15, -0.1) is 0 Å². The Hall–Kier alpha value is -1.75. The first-order valence-electron chi connectivity index (χ1n) is 6.45. The first-order chi connectivity index (χ1) is 8.95. The van der Waals surface area contributed by atoms with Gasteiger partial charge in [-0.25, -0.2) is 0 Å². The van der Waals surface area contributed by atoms with E-state index in [9.17, 15) is 9.90 Å². The van der Waals surface area contributed by atoms with Gasteiger partial charge in [0.05, 0.1) is 24.0 Å². The van der Waals surface area contributed by atoms with Crippen LogP contribution in [0.2, 0.25) is 0 Å². The number of hydrogen-bond acceptors (Lipinski definition) is 4. The van der Waals surface area contributed by atoms with Crippen molar-refractivity contribution in [1.29, 1.82) is 0 Å². The Morgan fingerprint density at radius 3 is 2.74 bits per heavy atom. The first-order valence-corrected chi connectivity index (χ1v) is 6.45. The summed E-state index contributed by atoms with van der Waals surface area (Å²) in [6.07, 6.45) is 0.0420. The van der Waals surface area contributed by atoms with E-state index in [-0.39, 0.29) is 11.9 Å². The molecular weight excluding hydrogens is 244 g/mol. The smallest absolute Gasteiger partial charge is 0.255 e. The lowest BCUT2D eigenvalue weighted by atomic mass is 10.1. The predicted molar refractivity (Wildman–Crippen MR) is 75.2 cm³/mol. The van der Waals surface area contributed by atoms with Gasteiger partial charge in [0.25, 0.3) is 5.91 Å². The minimum atomic E-state index is -0.456. The zero-order valence-electron chi connectivity index (χ0n) is 11.6. The molecule has 0 aliphatic rings. The molecule has 0 bridgehead atoms. The van der Waals surface area contributed by atoms with Gasteiger partial charge in [0.2, 0.25) is 0 Å². The second-order valence-electron chi connectivity index (χ2n) is 4.62. The lowest BCUT2D eigenvalue weighted by molar-refractivity contribution is 0.0919. The van der Waals surface area contributed by atoms with Gasteiger partial charge < -0.3 is 20.9 Å². The van der Waals surface area contributed by atoms with Crippen LogP contribution >= 0.6 is 0 Å². The van der Waals surface area contributed by atoms with Crippen molar-refractivity contribution in [1.82, 2.24) is 5.32 Å². The van der Waals surface area contributed by atoms with Crippen LogP contribution in [0.5, 0.6) is 5.75 Å². The Morgan fingerprint density at radius 1 is 1.47 bits per heavy atom. The highest BCUT2D eigenvalue weighted by Gasteiger charge is 2.17. The van der Waals surface area contributed by atoms with E-state index in [1.165, 1.54) is 0 Å². The molecule has 1 rings (SSSR count). The van der Waals surface area contributed by atoms with E-state index in [0.717, 1.165) is 0 Å². The zero-order chi connectivity index (χ0) is 14.4. The third-order valence-corrected chi connectivity index (χ3v) is 2.65. The van der Waals surface area contributed by atoms with Crippen molar-refractivity contribution in [2.75, 3.05) is 12.3 Å². The van der Waals surface area contributed by atoms with Crippen LogP contribution in [0.15, 0.2) is 18.2 Å². The fraction of sp³-hybridized carbons (Fsp3) is 0.500. The number of carbonyl (C=O) groups excluding carboxylic acids is 1. The molecule has 1 aromatic carbocycles. The number of aliphatic hydroxyl groups is 1. The Bertz CT molecular complexity index is 433. The van der Waals surface area contributed by atoms with Crippen molar-refractivity contribution >= 4 is 11.6 Å². The van der Waals surface area contributed by atoms with Gasteiger partial charge in [-0.05, 0) is 39.3 Å². The van der Waals surface area contributed by atoms with Crippen LogP contribution in [0, 0.1) is 0 Å². The third kappa shape index (κ3) is 4.44. The Kier molecular flexibility index (Phi) is 5.63. The fourth-order valence-corrected chi connectivity index (χ4v) is 1.91. The molecule has 0 aromatic heterocycles. The summed E-state index contributed by atoms with van der Waals surface area (Å²) in [4.78, 5) is 12.2. The SMILES string of the molecule is CCOc1c(N)cccc1C(=O)NC(C)CC(C)O. The topological polar surface area (TPSA) is 84.6 Å². The summed E-state index contributed by atoms with van der Waals surface area (Å²) < 4.78 is 5.42. The van der Waals surface area contributed by atoms with E-state index in [1.807, 2.05) is 13.8 Å². The second kappa shape index (κ2) is 6.99. The summed E-state index contributed by atoms with van der Waals surface area (Å²) in [7, 11) is 0. The van der Waals surface area contributed by atoms with E-state index in [2.05, 4.69) is 5.32 Å². The van der Waals surface area contributed by atoms with Crippen molar-refractivity contribution in [2.45, 2.75) is 39.3 Å². The summed E-state index contributed by atoms with van der Waals surface area (Å²) >= 11 is 0. The Morgan fingerprint density at radius 2 is 2.16 bits per heavy atom. The molecule has 0 saturated carbocycles. The van der Waals surface area contributed by atoms with E-state index in [0.29, 0.717) is 30.0 Å². The van der Waals surface area contributed by atoms with Gasteiger partial charge in [0.15, 0.2) is 5.75 Å². The number of rotatable bonds is 6. The van der Waals surface area contributed by atoms with Crippen molar-refractivity contribution < 1.29 is 14.6 Å². The minimum Gasteiger partial charge on any atom is -0.491 e. The van der Waals surface area contributed by atoms with Gasteiger partial charge >= 0.3 is 0 Å². The number of aliphatic hydroxyl groups excluding tert-OH is 1. The first kappa shape index (κ1) is 15.3. The summed E-state index contributed by atoms with van der Waals surface area (Å²) in [5.41, 5.74) is 6.67. The summed E-state index contributed by atoms with van der Waals surface area (Å²) in [5.74, 6) is 0.163. The van der Waals surface area contributed by atoms with E-state index in [1.54, 1.807) is 25.1 Å². The molecule has 0 saturated heterocycles. The van der Waals surface area contributed by atoms with Gasteiger partial charge in [-0.2, -0.15) is 0 Å². The van der Waals surface area contributed by atoms with Crippen molar-refractivity contribution in [3.05, 3.63) is 23.8 Å². The fourth-order valence-electron chi connectivity index (χ4n) is 1.91. The predicted octanol–water partition coefficient (Wildman–Crippen LogP) is 1.56. The third-order valence-electron chi connectivity index (χ3n) is 2.65. The molecule has 4 N–H and O–H groups in total. The number of nitrogens with two attached hydrogens (primary N) is 1. The molecule has 2 atom stereocenters. The minimum absolute atomic E-state index is 0.122. The summed E-state index contributed by atoms with van der Waals surface area (Å²) in [6.45, 7) is 5.81. The van der Waals surface area contributed by atoms with Gasteiger partial charge in [0, 0.05) is 6.04 Å². The molecule has 5 heteroatoms. The van der Waals surface area contributed by atoms with Crippen LogP contribution in [0.3, 0.4) is 0 Å². The molecular formula is C14H22N2O3. The highest BCUT2D eigenvalue weighted by Crippen LogP contribution is 2.26. The number of amides is 1. The molecule has 0 heterocycles. The normalized spacial score (nSPS) is 13.7. The van der Waals surface area contributed by atoms with Crippen molar-refractivity contribution in [3.63, 3.8) is 0 Å². The van der Waals surface area contributed by atoms with Crippen molar-refractivity contribution in [3.8, 4) is 5.75 Å². The lowest BCUT2D eigenvalue weighted by Crippen LogP contribution is -2.35. The maximum Gasteiger partial charge on any atom is 0.255 e. The number of para-hydroxylation sites is 1. The molecule has 1 amide bonds. The number of anilines is 1. The van der Waals surface area contributed by atoms with Crippen molar-refractivity contribution in [2.24, 2.45) is 0 Å². The number of carbonyl (C=O) groups is 1. The zero-order valence-corrected chi connectivity index (χ0v) is 11.6. The summed E-state index contributed by atoms with van der Waals surface area (Å²) in [6, 6.07) is 4.96. The van der Waals surface area contributed by atoms with Crippen LogP contribution in [0.4, 0.5) is 5.69 Å². The number of nitrogen functional groups attached to an aromatic ring is 1. The maximum absolute atomic E-state index is 12.2. The Balaban J connectivity index is 2.84. The molecule has 0 spiro atoms. The lowest BCUT2D eigenvalue weighted by Gasteiger charge is -2.17. The highest BCUT2D eigenvalue weighted by atomic mass is 16.5. The van der Waals surface area contributed by atoms with Crippen LogP contribution in [-0.2, 0) is 0 Å². The number of hydrogen-bond donors (Lipinski definition) is 3. The molecule has 106 valence electrons. The van der Waals surface area contributed by atoms with Gasteiger partial charge in [0.1, 0.15) is 0 Å². The molecule has 0 aliphatic heterocycles. The molecule has 2 unspecified atom stereocenters. The van der Waals surface area contributed by atoms with E-state index < -0.39 is 6.10 Å². The number of ether oxygens (including phenoxy) is 1. The second-order valence-corrected chi connectivity index (χ2v) is 4.62. The molecule has 5 nitrogen and oxygen atoms in total. The van der Waals surface area contributed by atoms with Gasteiger partial charge in [-0.1, -0.05) is 6.07 Å². The van der Waals surface area contributed by atoms with Crippen LogP contribution in [0.25, 0.3) is 0 Å². The average molecular weight is 266 g/mol. The average Bonchev–Trinajstić information content (AvgIpc) is 2.30. The van der Waals surface area contributed by atoms with Crippen LogP contribution < -0.4 is 15.8 Å². The standard InChI is InChI=1S/C14H22N2O3/c1-4-19-13-11(6-5-7-12(13)15)14(18)16-9(2)8-10(3)17/h5-7,9-10,17H,4,8,15H2,1-3H3,(H,16,18). The number of benzene rings is 1. The molecule has 19 heavy (non-hydrogen) atoms. The van der Waals surface area contributed by atoms with Crippen LogP contribution in [-0.4, -0.2) is 29.8 Å². The van der Waals surface area contributed by atoms with Gasteiger partial charge in [-0.3, -0.25) is 4.79 Å². The largest absolute Gasteiger partial charge is 0.491 e. The molecule has 0 radical (unpaired) electrons. The summed E-state index contributed by atoms with van der Waals surface area (Å²) in [5, 5.41) is 12.1. The monoisotopic (exact) mass is 266 g/mol. The highest BCUT2D eigenvalue weighted by molar-refractivity contribution is 5.98. The van der Waals surface area contributed by atoms with E-state index in [4.69, 9.17) is 10.5 Å². The molecule has 0 fully saturated rings. The number of nitrogens with one attached hydrogen (secondary N) is 1. The van der Waals surface area contributed by atoms with E-state index >= 15 is 0 Å². The Labute approximate surface area is 113 Å². The molecule has 0 aliphatic carbocycles. The van der Waals surface area contributed by atoms with Crippen LogP contribution in [0.1, 0.15) is 37.6 Å². The molecule has 1 aromatic rings.